The minimum Gasteiger partial charge on any atom is -0.478 e. The summed E-state index contributed by atoms with van der Waals surface area (Å²) in [7, 11) is -4.12. The van der Waals surface area contributed by atoms with Gasteiger partial charge in [0, 0.05) is 4.88 Å². The number of aromatic carboxylic acids is 1. The molecular formula is C19H22N2O5S2. The number of hydrogen-bond acceptors (Lipinski definition) is 5. The number of rotatable bonds is 5. The van der Waals surface area contributed by atoms with Crippen LogP contribution in [0.4, 0.5) is 0 Å². The molecule has 7 nitrogen and oxygen atoms in total. The molecule has 0 aliphatic heterocycles. The molecule has 0 saturated carbocycles. The number of sulfonamides is 1. The number of carbonyl (C=O) groups excluding carboxylic acids is 1. The molecule has 1 aromatic heterocycles. The fraction of sp³-hybridized carbons (Fsp3) is 0.368. The summed E-state index contributed by atoms with van der Waals surface area (Å²) in [4.78, 5) is 27.2. The Morgan fingerprint density at radius 1 is 1.07 bits per heavy atom. The number of nitrogens with one attached hydrogen (secondary N) is 2. The summed E-state index contributed by atoms with van der Waals surface area (Å²) in [5, 5.41) is 9.17. The third kappa shape index (κ3) is 4.26. The minimum atomic E-state index is -4.12. The van der Waals surface area contributed by atoms with Crippen LogP contribution in [0.5, 0.6) is 0 Å². The van der Waals surface area contributed by atoms with Crippen LogP contribution in [-0.4, -0.2) is 25.4 Å². The van der Waals surface area contributed by atoms with Gasteiger partial charge in [0.1, 0.15) is 0 Å². The van der Waals surface area contributed by atoms with Crippen molar-refractivity contribution in [2.24, 2.45) is 0 Å². The monoisotopic (exact) mass is 422 g/mol. The van der Waals surface area contributed by atoms with Gasteiger partial charge < -0.3 is 5.11 Å². The average molecular weight is 423 g/mol. The summed E-state index contributed by atoms with van der Waals surface area (Å²) in [6.07, 6.45) is 5.25. The molecule has 0 bridgehead atoms. The van der Waals surface area contributed by atoms with Crippen molar-refractivity contribution >= 4 is 33.2 Å². The van der Waals surface area contributed by atoms with Crippen LogP contribution in [0, 0.1) is 13.8 Å². The van der Waals surface area contributed by atoms with Crippen LogP contribution in [-0.2, 0) is 22.9 Å². The van der Waals surface area contributed by atoms with Gasteiger partial charge in [-0.3, -0.25) is 10.2 Å². The molecule has 0 atom stereocenters. The number of benzene rings is 1. The second-order valence-electron chi connectivity index (χ2n) is 6.90. The van der Waals surface area contributed by atoms with Crippen LogP contribution in [0.15, 0.2) is 23.1 Å². The molecule has 1 amide bonds. The highest BCUT2D eigenvalue weighted by Crippen LogP contribution is 2.29. The maximum Gasteiger partial charge on any atom is 0.335 e. The van der Waals surface area contributed by atoms with Crippen LogP contribution < -0.4 is 10.3 Å². The van der Waals surface area contributed by atoms with Gasteiger partial charge >= 0.3 is 5.97 Å². The summed E-state index contributed by atoms with van der Waals surface area (Å²) >= 11 is 1.39. The molecule has 0 radical (unpaired) electrons. The van der Waals surface area contributed by atoms with E-state index in [2.05, 4.69) is 10.3 Å². The van der Waals surface area contributed by atoms with E-state index in [-0.39, 0.29) is 10.5 Å². The van der Waals surface area contributed by atoms with Crippen LogP contribution >= 0.6 is 11.3 Å². The fourth-order valence-corrected chi connectivity index (χ4v) is 5.57. The maximum absolute atomic E-state index is 12.6. The summed E-state index contributed by atoms with van der Waals surface area (Å²) < 4.78 is 25.3. The van der Waals surface area contributed by atoms with Gasteiger partial charge in [-0.25, -0.2) is 13.2 Å². The Morgan fingerprint density at radius 3 is 2.50 bits per heavy atom. The number of fused-ring (bicyclic) bond motifs is 1. The van der Waals surface area contributed by atoms with E-state index < -0.39 is 21.9 Å². The van der Waals surface area contributed by atoms with Crippen molar-refractivity contribution in [2.75, 3.05) is 0 Å². The van der Waals surface area contributed by atoms with E-state index in [1.54, 1.807) is 13.8 Å². The molecular weight excluding hydrogens is 400 g/mol. The number of thiophene rings is 1. The van der Waals surface area contributed by atoms with E-state index >= 15 is 0 Å². The smallest absolute Gasteiger partial charge is 0.335 e. The lowest BCUT2D eigenvalue weighted by molar-refractivity contribution is 0.0696. The predicted molar refractivity (Wildman–Crippen MR) is 106 cm³/mol. The molecule has 3 N–H and O–H groups in total. The van der Waals surface area contributed by atoms with Crippen LogP contribution in [0.3, 0.4) is 0 Å². The quantitative estimate of drug-likeness (QED) is 0.507. The van der Waals surface area contributed by atoms with E-state index in [9.17, 15) is 23.1 Å². The molecule has 1 aliphatic rings. The van der Waals surface area contributed by atoms with Gasteiger partial charge in [0.25, 0.3) is 15.9 Å². The number of carbonyl (C=O) groups is 2. The Balaban J connectivity index is 1.78. The van der Waals surface area contributed by atoms with Crippen LogP contribution in [0.25, 0.3) is 0 Å². The first-order valence-corrected chi connectivity index (χ1v) is 11.3. The molecule has 3 rings (SSSR count). The van der Waals surface area contributed by atoms with E-state index in [1.165, 1.54) is 28.7 Å². The van der Waals surface area contributed by atoms with Crippen molar-refractivity contribution in [3.05, 3.63) is 50.2 Å². The number of hydrazine groups is 1. The van der Waals surface area contributed by atoms with Crippen molar-refractivity contribution in [1.82, 2.24) is 10.3 Å². The normalized spacial score (nSPS) is 14.2. The summed E-state index contributed by atoms with van der Waals surface area (Å²) in [5.74, 6) is -1.74. The summed E-state index contributed by atoms with van der Waals surface area (Å²) in [5.41, 5.74) is 4.24. The zero-order valence-electron chi connectivity index (χ0n) is 15.7. The standard InChI is InChI=1S/C19H22N2O5S2/c1-11-8-14(19(23)24)10-17(12(11)2)28(25,26)21-20-18(22)16-9-13-6-4-3-5-7-15(13)27-16/h8-10,21H,3-7H2,1-2H3,(H,20,22)(H,23,24). The van der Waals surface area contributed by atoms with Crippen LogP contribution in [0.2, 0.25) is 0 Å². The SMILES string of the molecule is Cc1cc(C(=O)O)cc(S(=O)(=O)NNC(=O)c2cc3c(s2)CCCCC3)c1C. The van der Waals surface area contributed by atoms with Gasteiger partial charge in [0.05, 0.1) is 15.3 Å². The summed E-state index contributed by atoms with van der Waals surface area (Å²) in [6.45, 7) is 3.23. The maximum atomic E-state index is 12.6. The van der Waals surface area contributed by atoms with Crippen LogP contribution in [0.1, 0.15) is 60.9 Å². The molecule has 1 aliphatic carbocycles. The number of amides is 1. The number of carboxylic acid groups (broad SMARTS) is 1. The Hall–Kier alpha value is -2.23. The Labute approximate surface area is 167 Å². The van der Waals surface area contributed by atoms with Gasteiger partial charge in [-0.15, -0.1) is 16.2 Å². The summed E-state index contributed by atoms with van der Waals surface area (Å²) in [6, 6.07) is 4.33. The molecule has 1 heterocycles. The Morgan fingerprint density at radius 2 is 1.79 bits per heavy atom. The molecule has 9 heteroatoms. The lowest BCUT2D eigenvalue weighted by Crippen LogP contribution is -2.41. The first-order chi connectivity index (χ1) is 13.2. The van der Waals surface area contributed by atoms with Gasteiger partial charge in [-0.1, -0.05) is 6.42 Å². The van der Waals surface area contributed by atoms with Crippen molar-refractivity contribution in [3.63, 3.8) is 0 Å². The molecule has 0 unspecified atom stereocenters. The van der Waals surface area contributed by atoms with E-state index in [0.717, 1.165) is 37.3 Å². The van der Waals surface area contributed by atoms with E-state index in [0.29, 0.717) is 16.0 Å². The topological polar surface area (TPSA) is 113 Å². The molecule has 0 spiro atoms. The van der Waals surface area contributed by atoms with Crippen molar-refractivity contribution in [1.29, 1.82) is 0 Å². The average Bonchev–Trinajstić information content (AvgIpc) is 2.92. The zero-order valence-corrected chi connectivity index (χ0v) is 17.3. The Bertz CT molecular complexity index is 1020. The molecule has 0 saturated heterocycles. The van der Waals surface area contributed by atoms with Crippen molar-refractivity contribution in [2.45, 2.75) is 50.8 Å². The Kier molecular flexibility index (Phi) is 5.87. The minimum absolute atomic E-state index is 0.128. The lowest BCUT2D eigenvalue weighted by Gasteiger charge is -2.12. The molecule has 150 valence electrons. The highest BCUT2D eigenvalue weighted by atomic mass is 32.2. The molecule has 1 aromatic carbocycles. The van der Waals surface area contributed by atoms with E-state index in [1.807, 2.05) is 6.07 Å². The highest BCUT2D eigenvalue weighted by Gasteiger charge is 2.23. The van der Waals surface area contributed by atoms with E-state index in [4.69, 9.17) is 0 Å². The van der Waals surface area contributed by atoms with Gasteiger partial charge in [0.15, 0.2) is 0 Å². The van der Waals surface area contributed by atoms with Gasteiger partial charge in [0.2, 0.25) is 0 Å². The molecule has 2 aromatic rings. The van der Waals surface area contributed by atoms with Gasteiger partial charge in [-0.05, 0) is 74.4 Å². The second-order valence-corrected chi connectivity index (χ2v) is 9.69. The number of carboxylic acids is 1. The lowest BCUT2D eigenvalue weighted by atomic mass is 10.1. The van der Waals surface area contributed by atoms with Crippen molar-refractivity contribution < 1.29 is 23.1 Å². The molecule has 28 heavy (non-hydrogen) atoms. The number of hydrogen-bond donors (Lipinski definition) is 3. The number of aryl methyl sites for hydroxylation is 3. The highest BCUT2D eigenvalue weighted by molar-refractivity contribution is 7.89. The fourth-order valence-electron chi connectivity index (χ4n) is 3.24. The largest absolute Gasteiger partial charge is 0.478 e. The zero-order chi connectivity index (χ0) is 20.5. The van der Waals surface area contributed by atoms with Crippen molar-refractivity contribution in [3.8, 4) is 0 Å². The third-order valence-corrected chi connectivity index (χ3v) is 7.54. The molecule has 0 fully saturated rings. The van der Waals surface area contributed by atoms with Gasteiger partial charge in [-0.2, -0.15) is 0 Å². The first-order valence-electron chi connectivity index (χ1n) is 8.97. The predicted octanol–water partition coefficient (Wildman–Crippen LogP) is 2.96. The second kappa shape index (κ2) is 8.02. The first kappa shape index (κ1) is 20.5. The third-order valence-electron chi connectivity index (χ3n) is 4.93.